The Morgan fingerprint density at radius 3 is 2.44 bits per heavy atom. The largest absolute Gasteiger partial charge is 0.380 e. The molecule has 0 atom stereocenters. The Labute approximate surface area is 99.1 Å². The van der Waals surface area contributed by atoms with Crippen LogP contribution in [0.3, 0.4) is 0 Å². The van der Waals surface area contributed by atoms with Crippen molar-refractivity contribution in [3.8, 4) is 0 Å². The highest BCUT2D eigenvalue weighted by Gasteiger charge is 2.38. The average molecular weight is 226 g/mol. The summed E-state index contributed by atoms with van der Waals surface area (Å²) >= 11 is 0. The van der Waals surface area contributed by atoms with Crippen LogP contribution in [-0.4, -0.2) is 32.8 Å². The van der Waals surface area contributed by atoms with Gasteiger partial charge in [-0.3, -0.25) is 0 Å². The molecule has 3 N–H and O–H groups in total. The molecule has 0 spiro atoms. The summed E-state index contributed by atoms with van der Waals surface area (Å²) in [7, 11) is 0. The molecule has 2 fully saturated rings. The molecule has 0 radical (unpaired) electrons. The molecule has 2 aliphatic rings. The molecule has 1 aliphatic carbocycles. The van der Waals surface area contributed by atoms with Gasteiger partial charge in [0.05, 0.1) is 13.2 Å². The highest BCUT2D eigenvalue weighted by Crippen LogP contribution is 2.41. The van der Waals surface area contributed by atoms with Crippen LogP contribution < -0.4 is 11.1 Å². The van der Waals surface area contributed by atoms with E-state index in [2.05, 4.69) is 19.2 Å². The van der Waals surface area contributed by atoms with Gasteiger partial charge in [-0.05, 0) is 24.2 Å². The van der Waals surface area contributed by atoms with Crippen LogP contribution in [-0.2, 0) is 4.74 Å². The zero-order valence-electron chi connectivity index (χ0n) is 10.7. The molecule has 0 aromatic carbocycles. The van der Waals surface area contributed by atoms with E-state index in [9.17, 15) is 0 Å². The molecule has 2 rings (SSSR count). The minimum Gasteiger partial charge on any atom is -0.380 e. The van der Waals surface area contributed by atoms with Crippen molar-refractivity contribution in [1.82, 2.24) is 5.32 Å². The first kappa shape index (κ1) is 12.3. The van der Waals surface area contributed by atoms with Crippen molar-refractivity contribution in [1.29, 1.82) is 0 Å². The van der Waals surface area contributed by atoms with Crippen LogP contribution in [0.25, 0.3) is 0 Å². The predicted molar refractivity (Wildman–Crippen MR) is 66.3 cm³/mol. The van der Waals surface area contributed by atoms with Crippen molar-refractivity contribution in [2.75, 3.05) is 32.8 Å². The lowest BCUT2D eigenvalue weighted by molar-refractivity contribution is -0.106. The molecule has 1 aliphatic heterocycles. The number of hydrogen-bond donors (Lipinski definition) is 2. The second kappa shape index (κ2) is 4.63. The van der Waals surface area contributed by atoms with Gasteiger partial charge in [0, 0.05) is 25.0 Å². The van der Waals surface area contributed by atoms with Crippen LogP contribution in [0.15, 0.2) is 0 Å². The van der Waals surface area contributed by atoms with E-state index in [4.69, 9.17) is 10.5 Å². The zero-order chi connectivity index (χ0) is 11.6. The summed E-state index contributed by atoms with van der Waals surface area (Å²) in [6, 6.07) is 0. The Balaban J connectivity index is 1.70. The Hall–Kier alpha value is -0.120. The molecule has 1 heterocycles. The number of hydrogen-bond acceptors (Lipinski definition) is 3. The third-order valence-electron chi connectivity index (χ3n) is 4.54. The first-order chi connectivity index (χ1) is 7.58. The fourth-order valence-electron chi connectivity index (χ4n) is 2.67. The monoisotopic (exact) mass is 226 g/mol. The lowest BCUT2D eigenvalue weighted by atomic mass is 9.67. The molecule has 3 heteroatoms. The van der Waals surface area contributed by atoms with Gasteiger partial charge in [-0.25, -0.2) is 0 Å². The molecule has 0 aromatic heterocycles. The summed E-state index contributed by atoms with van der Waals surface area (Å²) in [4.78, 5) is 0. The second-order valence-corrected chi connectivity index (χ2v) is 6.42. The minimum atomic E-state index is 0.232. The fraction of sp³-hybridized carbons (Fsp3) is 1.00. The van der Waals surface area contributed by atoms with E-state index in [1.54, 1.807) is 0 Å². The summed E-state index contributed by atoms with van der Waals surface area (Å²) in [5, 5.41) is 3.61. The number of nitrogens with one attached hydrogen (secondary N) is 1. The van der Waals surface area contributed by atoms with E-state index in [-0.39, 0.29) is 5.41 Å². The van der Waals surface area contributed by atoms with Crippen molar-refractivity contribution in [3.05, 3.63) is 0 Å². The summed E-state index contributed by atoms with van der Waals surface area (Å²) in [5.41, 5.74) is 6.47. The van der Waals surface area contributed by atoms with E-state index < -0.39 is 0 Å². The van der Waals surface area contributed by atoms with Crippen LogP contribution in [0.2, 0.25) is 0 Å². The number of rotatable bonds is 6. The minimum absolute atomic E-state index is 0.232. The van der Waals surface area contributed by atoms with Crippen LogP contribution in [0, 0.1) is 16.7 Å². The van der Waals surface area contributed by atoms with Gasteiger partial charge < -0.3 is 15.8 Å². The first-order valence-corrected chi connectivity index (χ1v) is 6.57. The van der Waals surface area contributed by atoms with Crippen molar-refractivity contribution in [2.24, 2.45) is 22.5 Å². The summed E-state index contributed by atoms with van der Waals surface area (Å²) < 4.78 is 5.27. The van der Waals surface area contributed by atoms with Crippen LogP contribution in [0.1, 0.15) is 33.1 Å². The maximum atomic E-state index is 5.80. The normalized spacial score (nSPS) is 24.9. The maximum absolute atomic E-state index is 5.80. The van der Waals surface area contributed by atoms with Gasteiger partial charge in [0.25, 0.3) is 0 Å². The average Bonchev–Trinajstić information content (AvgIpc) is 2.05. The van der Waals surface area contributed by atoms with Crippen molar-refractivity contribution in [2.45, 2.75) is 33.1 Å². The first-order valence-electron chi connectivity index (χ1n) is 6.57. The SMILES string of the molecule is CC(C)(CNCC1(CN)COC1)C1CCC1. The third kappa shape index (κ3) is 2.41. The Morgan fingerprint density at radius 2 is 2.06 bits per heavy atom. The quantitative estimate of drug-likeness (QED) is 0.719. The fourth-order valence-corrected chi connectivity index (χ4v) is 2.67. The van der Waals surface area contributed by atoms with Gasteiger partial charge in [0.15, 0.2) is 0 Å². The lowest BCUT2D eigenvalue weighted by Crippen LogP contribution is -2.55. The van der Waals surface area contributed by atoms with E-state index in [0.29, 0.717) is 5.41 Å². The molecule has 0 unspecified atom stereocenters. The Bertz CT molecular complexity index is 227. The summed E-state index contributed by atoms with van der Waals surface area (Å²) in [5.74, 6) is 0.923. The van der Waals surface area contributed by atoms with E-state index in [0.717, 1.165) is 38.8 Å². The molecule has 1 saturated heterocycles. The zero-order valence-corrected chi connectivity index (χ0v) is 10.7. The highest BCUT2D eigenvalue weighted by atomic mass is 16.5. The Morgan fingerprint density at radius 1 is 1.38 bits per heavy atom. The van der Waals surface area contributed by atoms with Gasteiger partial charge in [-0.15, -0.1) is 0 Å². The Kier molecular flexibility index (Phi) is 3.57. The molecule has 0 bridgehead atoms. The molecule has 0 amide bonds. The van der Waals surface area contributed by atoms with Gasteiger partial charge in [0.1, 0.15) is 0 Å². The van der Waals surface area contributed by atoms with Crippen LogP contribution >= 0.6 is 0 Å². The standard InChI is InChI=1S/C13H26N2O/c1-12(2,11-4-3-5-11)7-15-8-13(6-14)9-16-10-13/h11,15H,3-10,14H2,1-2H3. The van der Waals surface area contributed by atoms with Crippen LogP contribution in [0.4, 0.5) is 0 Å². The molecule has 3 nitrogen and oxygen atoms in total. The molecular formula is C13H26N2O. The molecule has 1 saturated carbocycles. The van der Waals surface area contributed by atoms with Gasteiger partial charge in [-0.1, -0.05) is 20.3 Å². The number of ether oxygens (including phenoxy) is 1. The van der Waals surface area contributed by atoms with Gasteiger partial charge >= 0.3 is 0 Å². The topological polar surface area (TPSA) is 47.3 Å². The van der Waals surface area contributed by atoms with Crippen molar-refractivity contribution in [3.63, 3.8) is 0 Å². The molecule has 16 heavy (non-hydrogen) atoms. The van der Waals surface area contributed by atoms with Crippen molar-refractivity contribution >= 4 is 0 Å². The predicted octanol–water partition coefficient (Wildman–Crippen LogP) is 1.38. The maximum Gasteiger partial charge on any atom is 0.0569 e. The molecular weight excluding hydrogens is 200 g/mol. The lowest BCUT2D eigenvalue weighted by Gasteiger charge is -2.44. The highest BCUT2D eigenvalue weighted by molar-refractivity contribution is 4.91. The smallest absolute Gasteiger partial charge is 0.0569 e. The van der Waals surface area contributed by atoms with E-state index in [1.807, 2.05) is 0 Å². The number of nitrogens with two attached hydrogens (primary N) is 1. The van der Waals surface area contributed by atoms with E-state index in [1.165, 1.54) is 19.3 Å². The third-order valence-corrected chi connectivity index (χ3v) is 4.54. The van der Waals surface area contributed by atoms with Crippen LogP contribution in [0.5, 0.6) is 0 Å². The van der Waals surface area contributed by atoms with E-state index >= 15 is 0 Å². The second-order valence-electron chi connectivity index (χ2n) is 6.42. The van der Waals surface area contributed by atoms with Gasteiger partial charge in [0.2, 0.25) is 0 Å². The van der Waals surface area contributed by atoms with Crippen molar-refractivity contribution < 1.29 is 4.74 Å². The van der Waals surface area contributed by atoms with Gasteiger partial charge in [-0.2, -0.15) is 0 Å². The summed E-state index contributed by atoms with van der Waals surface area (Å²) in [6.45, 7) is 9.30. The molecule has 0 aromatic rings. The molecule has 94 valence electrons. The summed E-state index contributed by atoms with van der Waals surface area (Å²) in [6.07, 6.45) is 4.26.